The Morgan fingerprint density at radius 3 is 0.333 bits per heavy atom. The van der Waals surface area contributed by atoms with Crippen LogP contribution in [0.3, 0.4) is 0 Å². The second kappa shape index (κ2) is 79.0. The molecule has 0 aliphatic carbocycles. The molecule has 0 amide bonds. The third-order valence-electron chi connectivity index (χ3n) is 2.43. The molecule has 17 nitrogen and oxygen atoms in total. The number of carbonyl (C=O) groups excluding carboxylic acids is 7. The molecule has 0 aromatic rings. The Balaban J connectivity index is -0.0000000427. The number of aliphatic hydroxyl groups excluding tert-OH is 3. The maximum Gasteiger partial charge on any atom is 0.302 e. The average molecular weight is 713 g/mol. The molecule has 0 saturated heterocycles. The third-order valence-corrected chi connectivity index (χ3v) is 2.43. The van der Waals surface area contributed by atoms with E-state index in [-0.39, 0.29) is 41.8 Å². The van der Waals surface area contributed by atoms with Crippen LogP contribution in [0.2, 0.25) is 0 Å². The highest BCUT2D eigenvalue weighted by Crippen LogP contribution is 1.72. The molecule has 0 radical (unpaired) electrons. The molecule has 0 spiro atoms. The first-order chi connectivity index (χ1) is 22.4. The van der Waals surface area contributed by atoms with Gasteiger partial charge in [-0.1, -0.05) is 0 Å². The van der Waals surface area contributed by atoms with Gasteiger partial charge in [-0.3, -0.25) is 33.6 Å². The van der Waals surface area contributed by atoms with E-state index in [4.69, 9.17) is 15.3 Å². The van der Waals surface area contributed by atoms with Crippen LogP contribution in [-0.4, -0.2) is 125 Å². The molecule has 0 saturated carbocycles. The molecule has 0 aliphatic heterocycles. The molecule has 17 heteroatoms. The average Bonchev–Trinajstić information content (AvgIpc) is 2.98. The number of carbonyl (C=O) groups is 7. The van der Waals surface area contributed by atoms with Crippen molar-refractivity contribution in [2.24, 2.45) is 0 Å². The van der Waals surface area contributed by atoms with Gasteiger partial charge in [0.05, 0.1) is 46.2 Å². The minimum absolute atomic E-state index is 0.211. The number of aliphatic hydroxyl groups is 3. The minimum Gasteiger partial charge on any atom is -0.466 e. The van der Waals surface area contributed by atoms with Gasteiger partial charge in [-0.25, -0.2) is 0 Å². The highest BCUT2D eigenvalue weighted by Gasteiger charge is 1.84. The molecule has 3 N–H and O–H groups in total. The molecule has 0 unspecified atom stereocenters. The highest BCUT2D eigenvalue weighted by atomic mass is 16.6. The van der Waals surface area contributed by atoms with Gasteiger partial charge in [-0.15, -0.1) is 0 Å². The van der Waals surface area contributed by atoms with E-state index < -0.39 is 0 Å². The molecular formula is C31H68O17. The maximum atomic E-state index is 9.82. The van der Waals surface area contributed by atoms with E-state index in [1.165, 1.54) is 48.5 Å². The summed E-state index contributed by atoms with van der Waals surface area (Å²) in [5, 5.41) is 21.0. The van der Waals surface area contributed by atoms with Crippen LogP contribution in [0, 0.1) is 0 Å². The molecule has 0 bridgehead atoms. The van der Waals surface area contributed by atoms with Crippen LogP contribution in [0.25, 0.3) is 0 Å². The summed E-state index contributed by atoms with van der Waals surface area (Å²) in [5.41, 5.74) is 0. The summed E-state index contributed by atoms with van der Waals surface area (Å²) in [6.07, 6.45) is 0. The Morgan fingerprint density at radius 1 is 0.271 bits per heavy atom. The smallest absolute Gasteiger partial charge is 0.302 e. The van der Waals surface area contributed by atoms with E-state index in [1.807, 2.05) is 0 Å². The lowest BCUT2D eigenvalue weighted by Crippen LogP contribution is -1.95. The second-order valence-electron chi connectivity index (χ2n) is 6.47. The van der Waals surface area contributed by atoms with Gasteiger partial charge in [-0.2, -0.15) is 0 Å². The van der Waals surface area contributed by atoms with Crippen molar-refractivity contribution in [3.63, 3.8) is 0 Å². The van der Waals surface area contributed by atoms with Crippen molar-refractivity contribution in [1.82, 2.24) is 0 Å². The van der Waals surface area contributed by atoms with Crippen molar-refractivity contribution in [1.29, 1.82) is 0 Å². The quantitative estimate of drug-likeness (QED) is 0.254. The zero-order valence-corrected chi connectivity index (χ0v) is 32.5. The highest BCUT2D eigenvalue weighted by molar-refractivity contribution is 5.67. The predicted octanol–water partition coefficient (Wildman–Crippen LogP) is 2.81. The summed E-state index contributed by atoms with van der Waals surface area (Å²) in [6, 6.07) is 0. The first-order valence-corrected chi connectivity index (χ1v) is 14.7. The molecule has 0 atom stereocenters. The number of ether oxygens (including phenoxy) is 7. The Bertz CT molecular complexity index is 510. The van der Waals surface area contributed by atoms with Gasteiger partial charge in [0.1, 0.15) is 0 Å². The van der Waals surface area contributed by atoms with E-state index in [0.717, 1.165) is 21.3 Å². The molecule has 0 aromatic carbocycles. The van der Waals surface area contributed by atoms with Gasteiger partial charge in [0.2, 0.25) is 0 Å². The van der Waals surface area contributed by atoms with Gasteiger partial charge in [-0.05, 0) is 48.5 Å². The Kier molecular flexibility index (Phi) is 116. The summed E-state index contributed by atoms with van der Waals surface area (Å²) in [4.78, 5) is 68.8. The summed E-state index contributed by atoms with van der Waals surface area (Å²) in [6.45, 7) is 25.6. The van der Waals surface area contributed by atoms with E-state index in [0.29, 0.717) is 46.2 Å². The lowest BCUT2D eigenvalue weighted by Gasteiger charge is -1.89. The predicted molar refractivity (Wildman–Crippen MR) is 181 cm³/mol. The van der Waals surface area contributed by atoms with Crippen molar-refractivity contribution < 1.29 is 82.0 Å². The van der Waals surface area contributed by atoms with Crippen LogP contribution in [0.5, 0.6) is 0 Å². The molecule has 294 valence electrons. The normalized spacial score (nSPS) is 7.08. The molecule has 0 fully saturated rings. The van der Waals surface area contributed by atoms with Gasteiger partial charge >= 0.3 is 41.8 Å². The molecule has 0 aliphatic rings. The summed E-state index contributed by atoms with van der Waals surface area (Å²) in [7, 11) is 3.00. The fourth-order valence-corrected chi connectivity index (χ4v) is 1.42. The van der Waals surface area contributed by atoms with E-state index >= 15 is 0 Å². The summed E-state index contributed by atoms with van der Waals surface area (Å²) < 4.78 is 30.8. The summed E-state index contributed by atoms with van der Waals surface area (Å²) in [5.74, 6) is -1.47. The number of hydrogen-bond acceptors (Lipinski definition) is 17. The lowest BCUT2D eigenvalue weighted by molar-refractivity contribution is -0.141. The monoisotopic (exact) mass is 712 g/mol. The Morgan fingerprint density at radius 2 is 0.333 bits per heavy atom. The second-order valence-corrected chi connectivity index (χ2v) is 6.47. The van der Waals surface area contributed by atoms with E-state index in [2.05, 4.69) is 33.2 Å². The third kappa shape index (κ3) is 242. The number of esters is 7. The topological polar surface area (TPSA) is 245 Å². The van der Waals surface area contributed by atoms with Gasteiger partial charge < -0.3 is 48.5 Å². The largest absolute Gasteiger partial charge is 0.466 e. The van der Waals surface area contributed by atoms with Crippen LogP contribution in [0.1, 0.15) is 96.9 Å². The molecule has 48 heavy (non-hydrogen) atoms. The van der Waals surface area contributed by atoms with Crippen LogP contribution in [0.15, 0.2) is 0 Å². The summed E-state index contributed by atoms with van der Waals surface area (Å²) >= 11 is 0. The van der Waals surface area contributed by atoms with Crippen molar-refractivity contribution in [3.8, 4) is 0 Å². The Labute approximate surface area is 288 Å². The van der Waals surface area contributed by atoms with E-state index in [9.17, 15) is 33.6 Å². The molecule has 0 aromatic heterocycles. The van der Waals surface area contributed by atoms with E-state index in [1.54, 1.807) is 48.5 Å². The first-order valence-electron chi connectivity index (χ1n) is 14.7. The molecule has 0 heterocycles. The Hall–Kier alpha value is -3.83. The van der Waals surface area contributed by atoms with Crippen molar-refractivity contribution in [3.05, 3.63) is 0 Å². The van der Waals surface area contributed by atoms with Crippen LogP contribution >= 0.6 is 0 Å². The first kappa shape index (κ1) is 70.5. The molecule has 0 rings (SSSR count). The maximum absolute atomic E-state index is 9.82. The number of rotatable bonds is 7. The van der Waals surface area contributed by atoms with Gasteiger partial charge in [0, 0.05) is 69.8 Å². The van der Waals surface area contributed by atoms with Crippen LogP contribution < -0.4 is 0 Å². The van der Waals surface area contributed by atoms with Crippen LogP contribution in [0.4, 0.5) is 0 Å². The zero-order chi connectivity index (χ0) is 40.9. The molecular weight excluding hydrogens is 644 g/mol. The van der Waals surface area contributed by atoms with Crippen molar-refractivity contribution >= 4 is 41.8 Å². The zero-order valence-electron chi connectivity index (χ0n) is 32.5. The van der Waals surface area contributed by atoms with Crippen LogP contribution in [-0.2, 0) is 66.7 Å². The standard InChI is InChI=1S/7C4H8O2.3CH4O/c7*1-3-6-4(2)5;3*1-2/h7*3H2,1-2H3;3*2H,1H3. The SMILES string of the molecule is CCOC(C)=O.CCOC(C)=O.CCOC(C)=O.CCOC(C)=O.CCOC(C)=O.CCOC(C)=O.CCOC(C)=O.CO.CO.CO. The lowest BCUT2D eigenvalue weighted by atomic mass is 10.8. The van der Waals surface area contributed by atoms with Crippen molar-refractivity contribution in [2.75, 3.05) is 67.6 Å². The fraction of sp³-hybridized carbons (Fsp3) is 0.774. The van der Waals surface area contributed by atoms with Gasteiger partial charge in [0.25, 0.3) is 0 Å². The van der Waals surface area contributed by atoms with Gasteiger partial charge in [0.15, 0.2) is 0 Å². The number of hydrogen-bond donors (Lipinski definition) is 3. The fourth-order valence-electron chi connectivity index (χ4n) is 1.42. The van der Waals surface area contributed by atoms with Crippen molar-refractivity contribution in [2.45, 2.75) is 96.9 Å². The minimum atomic E-state index is -0.211.